The minimum absolute atomic E-state index is 0.787. The lowest BCUT2D eigenvalue weighted by molar-refractivity contribution is -0.390. The van der Waals surface area contributed by atoms with Crippen molar-refractivity contribution in [3.05, 3.63) is 34.1 Å². The van der Waals surface area contributed by atoms with Gasteiger partial charge in [-0.05, 0) is 39.8 Å². The quantitative estimate of drug-likeness (QED) is 0.632. The third-order valence-corrected chi connectivity index (χ3v) is 5.03. The highest BCUT2D eigenvalue weighted by Gasteiger charge is 2.41. The van der Waals surface area contributed by atoms with Gasteiger partial charge < -0.3 is 5.11 Å². The highest BCUT2D eigenvalue weighted by Crippen LogP contribution is 2.29. The van der Waals surface area contributed by atoms with Crippen molar-refractivity contribution >= 4 is 15.7 Å². The first-order valence-electron chi connectivity index (χ1n) is 5.99. The zero-order valence-electron chi connectivity index (χ0n) is 12.0. The third-order valence-electron chi connectivity index (χ3n) is 3.34. The topological polar surface area (TPSA) is 110 Å². The fraction of sp³-hybridized carbons (Fsp3) is 0.500. The zero-order chi connectivity index (χ0) is 16.6. The van der Waals surface area contributed by atoms with Gasteiger partial charge in [0.2, 0.25) is 15.8 Å². The predicted octanol–water partition coefficient (Wildman–Crippen LogP) is 1.56. The van der Waals surface area contributed by atoms with Gasteiger partial charge in [-0.2, -0.15) is 4.39 Å². The summed E-state index contributed by atoms with van der Waals surface area (Å²) in [6.45, 7) is 5.59. The van der Waals surface area contributed by atoms with Crippen molar-refractivity contribution in [2.75, 3.05) is 0 Å². The van der Waals surface area contributed by atoms with E-state index in [4.69, 9.17) is 0 Å². The van der Waals surface area contributed by atoms with Crippen LogP contribution in [-0.2, 0) is 10.0 Å². The monoisotopic (exact) mass is 320 g/mol. The van der Waals surface area contributed by atoms with Gasteiger partial charge in [-0.25, -0.2) is 13.1 Å². The molecule has 1 aromatic carbocycles. The molecule has 0 saturated heterocycles. The second-order valence-corrected chi connectivity index (χ2v) is 7.28. The largest absolute Gasteiger partial charge is 0.389 e. The number of nitrogens with one attached hydrogen (secondary N) is 1. The molecule has 0 spiro atoms. The number of hydrogen-bond donors (Lipinski definition) is 2. The lowest BCUT2D eigenvalue weighted by Gasteiger charge is -2.37. The average molecular weight is 320 g/mol. The first kappa shape index (κ1) is 17.5. The van der Waals surface area contributed by atoms with Crippen LogP contribution in [0.15, 0.2) is 23.1 Å². The number of sulfonamides is 1. The molecule has 0 aliphatic rings. The maximum atomic E-state index is 13.5. The molecule has 0 amide bonds. The van der Waals surface area contributed by atoms with Crippen LogP contribution < -0.4 is 4.72 Å². The molecule has 0 unspecified atom stereocenters. The molecule has 118 valence electrons. The molecule has 1 aromatic rings. The van der Waals surface area contributed by atoms with Crippen LogP contribution in [0.4, 0.5) is 10.1 Å². The van der Waals surface area contributed by atoms with E-state index in [9.17, 15) is 28.0 Å². The van der Waals surface area contributed by atoms with Crippen molar-refractivity contribution in [3.8, 4) is 0 Å². The first-order valence-corrected chi connectivity index (χ1v) is 7.47. The number of nitrogens with zero attached hydrogens (tertiary/aromatic N) is 1. The van der Waals surface area contributed by atoms with Crippen LogP contribution in [0.1, 0.15) is 27.7 Å². The maximum absolute atomic E-state index is 13.5. The number of nitro groups is 1. The highest BCUT2D eigenvalue weighted by molar-refractivity contribution is 7.89. The van der Waals surface area contributed by atoms with Crippen LogP contribution in [0.3, 0.4) is 0 Å². The van der Waals surface area contributed by atoms with Crippen LogP contribution in [0.25, 0.3) is 0 Å². The molecular formula is C12H17FN2O5S. The Morgan fingerprint density at radius 3 is 2.24 bits per heavy atom. The van der Waals surface area contributed by atoms with Crippen molar-refractivity contribution in [1.29, 1.82) is 0 Å². The number of hydrogen-bond acceptors (Lipinski definition) is 5. The lowest BCUT2D eigenvalue weighted by Crippen LogP contribution is -2.57. The van der Waals surface area contributed by atoms with Gasteiger partial charge in [-0.15, -0.1) is 0 Å². The molecule has 0 aromatic heterocycles. The molecule has 2 N–H and O–H groups in total. The Labute approximate surface area is 122 Å². The van der Waals surface area contributed by atoms with E-state index in [-0.39, 0.29) is 0 Å². The molecule has 0 radical (unpaired) electrons. The third kappa shape index (κ3) is 3.55. The maximum Gasteiger partial charge on any atom is 0.324 e. The molecule has 21 heavy (non-hydrogen) atoms. The average Bonchev–Trinajstić information content (AvgIpc) is 2.24. The normalized spacial score (nSPS) is 13.2. The van der Waals surface area contributed by atoms with E-state index in [1.165, 1.54) is 27.7 Å². The minimum Gasteiger partial charge on any atom is -0.389 e. The molecule has 0 atom stereocenters. The fourth-order valence-electron chi connectivity index (χ4n) is 1.41. The van der Waals surface area contributed by atoms with Crippen LogP contribution >= 0.6 is 0 Å². The van der Waals surface area contributed by atoms with Crippen molar-refractivity contribution < 1.29 is 22.8 Å². The van der Waals surface area contributed by atoms with Gasteiger partial charge in [-0.3, -0.25) is 10.1 Å². The second-order valence-electron chi connectivity index (χ2n) is 5.63. The number of rotatable bonds is 5. The summed E-state index contributed by atoms with van der Waals surface area (Å²) in [4.78, 5) is 8.99. The molecule has 0 aliphatic heterocycles. The lowest BCUT2D eigenvalue weighted by atomic mass is 9.87. The van der Waals surface area contributed by atoms with Gasteiger partial charge in [0.15, 0.2) is 4.90 Å². The molecule has 7 nitrogen and oxygen atoms in total. The van der Waals surface area contributed by atoms with E-state index in [2.05, 4.69) is 4.72 Å². The molecule has 0 bridgehead atoms. The van der Waals surface area contributed by atoms with Gasteiger partial charge in [0.25, 0.3) is 0 Å². The first-order chi connectivity index (χ1) is 9.29. The number of halogens is 1. The van der Waals surface area contributed by atoms with Gasteiger partial charge in [0.05, 0.1) is 16.1 Å². The number of aliphatic hydroxyl groups is 1. The predicted molar refractivity (Wildman–Crippen MR) is 73.8 cm³/mol. The summed E-state index contributed by atoms with van der Waals surface area (Å²) >= 11 is 0. The van der Waals surface area contributed by atoms with E-state index >= 15 is 0 Å². The Bertz CT molecular complexity index is 665. The Hall–Kier alpha value is -1.58. The molecule has 0 heterocycles. The molecular weight excluding hydrogens is 303 g/mol. The standard InChI is InChI=1S/C12H17FN2O5S/c1-11(2,12(3,4)16)14-21(19,20)9-7-5-6-8(13)10(9)15(17)18/h5-7,14,16H,1-4H3. The molecule has 0 saturated carbocycles. The van der Waals surface area contributed by atoms with Crippen LogP contribution in [-0.4, -0.2) is 29.6 Å². The van der Waals surface area contributed by atoms with E-state index in [0.29, 0.717) is 0 Å². The van der Waals surface area contributed by atoms with Crippen molar-refractivity contribution in [1.82, 2.24) is 4.72 Å². The smallest absolute Gasteiger partial charge is 0.324 e. The van der Waals surface area contributed by atoms with E-state index in [1.54, 1.807) is 0 Å². The number of para-hydroxylation sites is 1. The zero-order valence-corrected chi connectivity index (χ0v) is 12.9. The summed E-state index contributed by atoms with van der Waals surface area (Å²) in [5.41, 5.74) is -3.90. The molecule has 0 aliphatic carbocycles. The fourth-order valence-corrected chi connectivity index (χ4v) is 3.12. The Morgan fingerprint density at radius 1 is 1.29 bits per heavy atom. The Morgan fingerprint density at radius 2 is 1.81 bits per heavy atom. The summed E-state index contributed by atoms with van der Waals surface area (Å²) in [5.74, 6) is -1.25. The van der Waals surface area contributed by atoms with Crippen molar-refractivity contribution in [2.24, 2.45) is 0 Å². The Balaban J connectivity index is 3.41. The summed E-state index contributed by atoms with van der Waals surface area (Å²) in [5, 5.41) is 20.8. The summed E-state index contributed by atoms with van der Waals surface area (Å²) in [7, 11) is -4.39. The Kier molecular flexibility index (Phi) is 4.42. The minimum atomic E-state index is -4.39. The number of nitro benzene ring substituents is 1. The van der Waals surface area contributed by atoms with Gasteiger partial charge in [-0.1, -0.05) is 6.07 Å². The summed E-state index contributed by atoms with van der Waals surface area (Å²) in [6, 6.07) is 2.80. The molecule has 1 rings (SSSR count). The van der Waals surface area contributed by atoms with Gasteiger partial charge in [0, 0.05) is 0 Å². The second kappa shape index (κ2) is 5.32. The van der Waals surface area contributed by atoms with Gasteiger partial charge in [0.1, 0.15) is 0 Å². The molecule has 9 heteroatoms. The van der Waals surface area contributed by atoms with Crippen LogP contribution in [0.2, 0.25) is 0 Å². The SMILES string of the molecule is CC(C)(O)C(C)(C)NS(=O)(=O)c1cccc(F)c1[N+](=O)[O-]. The van der Waals surface area contributed by atoms with Crippen molar-refractivity contribution in [2.45, 2.75) is 43.7 Å². The number of benzene rings is 1. The molecule has 0 fully saturated rings. The van der Waals surface area contributed by atoms with E-state index in [1.807, 2.05) is 0 Å². The van der Waals surface area contributed by atoms with Crippen LogP contribution in [0.5, 0.6) is 0 Å². The van der Waals surface area contributed by atoms with E-state index < -0.39 is 42.5 Å². The summed E-state index contributed by atoms with van der Waals surface area (Å²) in [6.07, 6.45) is 0. The van der Waals surface area contributed by atoms with Gasteiger partial charge >= 0.3 is 5.69 Å². The van der Waals surface area contributed by atoms with E-state index in [0.717, 1.165) is 18.2 Å². The highest BCUT2D eigenvalue weighted by atomic mass is 32.2. The summed E-state index contributed by atoms with van der Waals surface area (Å²) < 4.78 is 40.2. The van der Waals surface area contributed by atoms with Crippen molar-refractivity contribution in [3.63, 3.8) is 0 Å². The van der Waals surface area contributed by atoms with Crippen LogP contribution in [0, 0.1) is 15.9 Å².